The Morgan fingerprint density at radius 1 is 0.938 bits per heavy atom. The molecule has 0 aliphatic heterocycles. The summed E-state index contributed by atoms with van der Waals surface area (Å²) in [5.74, 6) is -2.18. The van der Waals surface area contributed by atoms with Crippen molar-refractivity contribution in [2.75, 3.05) is 5.73 Å². The SMILES string of the molecule is Nc1c(F)ccc(-c2cccc(F)c2)c1F. The highest BCUT2D eigenvalue weighted by atomic mass is 19.1. The van der Waals surface area contributed by atoms with Gasteiger partial charge in [-0.05, 0) is 29.8 Å². The zero-order valence-corrected chi connectivity index (χ0v) is 8.18. The van der Waals surface area contributed by atoms with Gasteiger partial charge in [0.25, 0.3) is 0 Å². The first kappa shape index (κ1) is 10.5. The van der Waals surface area contributed by atoms with E-state index in [0.29, 0.717) is 5.56 Å². The van der Waals surface area contributed by atoms with E-state index >= 15 is 0 Å². The van der Waals surface area contributed by atoms with Gasteiger partial charge in [0.1, 0.15) is 17.3 Å². The highest BCUT2D eigenvalue weighted by Crippen LogP contribution is 2.28. The topological polar surface area (TPSA) is 26.0 Å². The monoisotopic (exact) mass is 223 g/mol. The molecule has 0 bridgehead atoms. The van der Waals surface area contributed by atoms with E-state index in [2.05, 4.69) is 0 Å². The van der Waals surface area contributed by atoms with Gasteiger partial charge in [-0.25, -0.2) is 13.2 Å². The largest absolute Gasteiger partial charge is 0.394 e. The Balaban J connectivity index is 2.61. The molecule has 4 heteroatoms. The first-order valence-corrected chi connectivity index (χ1v) is 4.59. The lowest BCUT2D eigenvalue weighted by Crippen LogP contribution is -1.97. The number of hydrogen-bond donors (Lipinski definition) is 1. The molecular weight excluding hydrogens is 215 g/mol. The van der Waals surface area contributed by atoms with Gasteiger partial charge in [0.15, 0.2) is 5.82 Å². The van der Waals surface area contributed by atoms with Gasteiger partial charge in [0.2, 0.25) is 0 Å². The third kappa shape index (κ3) is 1.74. The van der Waals surface area contributed by atoms with E-state index in [1.54, 1.807) is 0 Å². The summed E-state index contributed by atoms with van der Waals surface area (Å²) in [5, 5.41) is 0. The van der Waals surface area contributed by atoms with Crippen LogP contribution in [0.15, 0.2) is 36.4 Å². The van der Waals surface area contributed by atoms with Crippen molar-refractivity contribution in [1.29, 1.82) is 0 Å². The van der Waals surface area contributed by atoms with Crippen LogP contribution in [0.1, 0.15) is 0 Å². The van der Waals surface area contributed by atoms with Gasteiger partial charge in [0, 0.05) is 5.56 Å². The van der Waals surface area contributed by atoms with Crippen molar-refractivity contribution in [2.24, 2.45) is 0 Å². The molecule has 0 fully saturated rings. The number of nitrogen functional groups attached to an aromatic ring is 1. The van der Waals surface area contributed by atoms with Crippen LogP contribution >= 0.6 is 0 Å². The average Bonchev–Trinajstić information content (AvgIpc) is 2.26. The third-order valence-electron chi connectivity index (χ3n) is 2.26. The zero-order valence-electron chi connectivity index (χ0n) is 8.18. The van der Waals surface area contributed by atoms with Crippen molar-refractivity contribution in [1.82, 2.24) is 0 Å². The summed E-state index contributed by atoms with van der Waals surface area (Å²) in [7, 11) is 0. The quantitative estimate of drug-likeness (QED) is 0.737. The molecule has 82 valence electrons. The van der Waals surface area contributed by atoms with E-state index in [9.17, 15) is 13.2 Å². The van der Waals surface area contributed by atoms with E-state index in [4.69, 9.17) is 5.73 Å². The number of hydrogen-bond acceptors (Lipinski definition) is 1. The average molecular weight is 223 g/mol. The lowest BCUT2D eigenvalue weighted by Gasteiger charge is -2.06. The van der Waals surface area contributed by atoms with Crippen LogP contribution in [-0.4, -0.2) is 0 Å². The predicted octanol–water partition coefficient (Wildman–Crippen LogP) is 3.35. The second-order valence-corrected chi connectivity index (χ2v) is 3.33. The fourth-order valence-corrected chi connectivity index (χ4v) is 1.45. The molecule has 0 saturated carbocycles. The van der Waals surface area contributed by atoms with E-state index < -0.39 is 23.1 Å². The van der Waals surface area contributed by atoms with Crippen molar-refractivity contribution < 1.29 is 13.2 Å². The standard InChI is InChI=1S/C12H8F3N/c13-8-3-1-2-7(6-8)9-4-5-10(14)12(16)11(9)15/h1-6H,16H2. The van der Waals surface area contributed by atoms with Gasteiger partial charge < -0.3 is 5.73 Å². The molecule has 0 radical (unpaired) electrons. The Labute approximate surface area is 90.3 Å². The molecule has 16 heavy (non-hydrogen) atoms. The minimum Gasteiger partial charge on any atom is -0.394 e. The second kappa shape index (κ2) is 3.89. The summed E-state index contributed by atoms with van der Waals surface area (Å²) in [5.41, 5.74) is 5.07. The van der Waals surface area contributed by atoms with Crippen LogP contribution in [0.3, 0.4) is 0 Å². The molecule has 0 heterocycles. The number of benzene rings is 2. The molecular formula is C12H8F3N. The summed E-state index contributed by atoms with van der Waals surface area (Å²) in [6.07, 6.45) is 0. The minimum atomic E-state index is -0.870. The van der Waals surface area contributed by atoms with Crippen molar-refractivity contribution in [2.45, 2.75) is 0 Å². The smallest absolute Gasteiger partial charge is 0.156 e. The van der Waals surface area contributed by atoms with Crippen molar-refractivity contribution in [3.8, 4) is 11.1 Å². The van der Waals surface area contributed by atoms with Gasteiger partial charge in [-0.1, -0.05) is 12.1 Å². The van der Waals surface area contributed by atoms with Crippen LogP contribution in [0.4, 0.5) is 18.9 Å². The first-order chi connectivity index (χ1) is 7.59. The summed E-state index contributed by atoms with van der Waals surface area (Å²) in [4.78, 5) is 0. The zero-order chi connectivity index (χ0) is 11.7. The van der Waals surface area contributed by atoms with E-state index in [1.165, 1.54) is 24.3 Å². The normalized spacial score (nSPS) is 10.4. The first-order valence-electron chi connectivity index (χ1n) is 4.59. The van der Waals surface area contributed by atoms with Gasteiger partial charge >= 0.3 is 0 Å². The van der Waals surface area contributed by atoms with Crippen LogP contribution in [0.25, 0.3) is 11.1 Å². The van der Waals surface area contributed by atoms with Gasteiger partial charge in [-0.2, -0.15) is 0 Å². The van der Waals surface area contributed by atoms with E-state index in [-0.39, 0.29) is 5.56 Å². The van der Waals surface area contributed by atoms with E-state index in [0.717, 1.165) is 12.1 Å². The van der Waals surface area contributed by atoms with Crippen molar-refractivity contribution in [3.05, 3.63) is 53.8 Å². The third-order valence-corrected chi connectivity index (χ3v) is 2.26. The molecule has 2 aromatic rings. The van der Waals surface area contributed by atoms with Crippen LogP contribution < -0.4 is 5.73 Å². The molecule has 2 N–H and O–H groups in total. The Bertz CT molecular complexity index is 538. The maximum Gasteiger partial charge on any atom is 0.156 e. The highest BCUT2D eigenvalue weighted by Gasteiger charge is 2.12. The lowest BCUT2D eigenvalue weighted by molar-refractivity contribution is 0.593. The molecule has 0 saturated heterocycles. The molecule has 0 aliphatic carbocycles. The number of nitrogens with two attached hydrogens (primary N) is 1. The number of rotatable bonds is 1. The molecule has 2 rings (SSSR count). The molecule has 1 nitrogen and oxygen atoms in total. The molecule has 0 unspecified atom stereocenters. The van der Waals surface area contributed by atoms with Gasteiger partial charge in [-0.3, -0.25) is 0 Å². The Kier molecular flexibility index (Phi) is 2.56. The molecule has 0 aromatic heterocycles. The second-order valence-electron chi connectivity index (χ2n) is 3.33. The lowest BCUT2D eigenvalue weighted by atomic mass is 10.0. The fourth-order valence-electron chi connectivity index (χ4n) is 1.45. The predicted molar refractivity (Wildman–Crippen MR) is 56.2 cm³/mol. The van der Waals surface area contributed by atoms with Crippen LogP contribution in [0.5, 0.6) is 0 Å². The fraction of sp³-hybridized carbons (Fsp3) is 0. The Morgan fingerprint density at radius 2 is 1.69 bits per heavy atom. The maximum absolute atomic E-state index is 13.6. The number of halogens is 3. The maximum atomic E-state index is 13.6. The van der Waals surface area contributed by atoms with Crippen LogP contribution in [-0.2, 0) is 0 Å². The highest BCUT2D eigenvalue weighted by molar-refractivity contribution is 5.68. The molecule has 0 amide bonds. The van der Waals surface area contributed by atoms with Gasteiger partial charge in [-0.15, -0.1) is 0 Å². The molecule has 0 atom stereocenters. The molecule has 2 aromatic carbocycles. The van der Waals surface area contributed by atoms with E-state index in [1.807, 2.05) is 0 Å². The van der Waals surface area contributed by atoms with Gasteiger partial charge in [0.05, 0.1) is 0 Å². The number of anilines is 1. The van der Waals surface area contributed by atoms with Crippen molar-refractivity contribution >= 4 is 5.69 Å². The molecule has 0 spiro atoms. The Morgan fingerprint density at radius 3 is 2.38 bits per heavy atom. The summed E-state index contributed by atoms with van der Waals surface area (Å²) >= 11 is 0. The minimum absolute atomic E-state index is 0.0819. The summed E-state index contributed by atoms with van der Waals surface area (Å²) in [6.45, 7) is 0. The summed E-state index contributed by atoms with van der Waals surface area (Å²) < 4.78 is 39.4. The van der Waals surface area contributed by atoms with Crippen LogP contribution in [0, 0.1) is 17.5 Å². The molecule has 0 aliphatic rings. The van der Waals surface area contributed by atoms with Crippen molar-refractivity contribution in [3.63, 3.8) is 0 Å². The summed E-state index contributed by atoms with van der Waals surface area (Å²) in [6, 6.07) is 7.67. The Hall–Kier alpha value is -1.97. The van der Waals surface area contributed by atoms with Crippen LogP contribution in [0.2, 0.25) is 0 Å².